The number of carboxylic acid groups (broad SMARTS) is 2. The fourth-order valence-electron chi connectivity index (χ4n) is 0.682. The topological polar surface area (TPSA) is 104 Å². The van der Waals surface area contributed by atoms with Gasteiger partial charge in [0.15, 0.2) is 0 Å². The van der Waals surface area contributed by atoms with Crippen LogP contribution in [0.2, 0.25) is 0 Å². The van der Waals surface area contributed by atoms with E-state index in [1.54, 1.807) is 0 Å². The first kappa shape index (κ1) is 12.7. The second-order valence-electron chi connectivity index (χ2n) is 2.31. The number of rotatable bonds is 4. The second kappa shape index (κ2) is 5.45. The second-order valence-corrected chi connectivity index (χ2v) is 3.14. The molecule has 0 aromatic rings. The molecular formula is C6H8N2O4S2. The molecule has 0 bridgehead atoms. The highest BCUT2D eigenvalue weighted by atomic mass is 32.1. The lowest BCUT2D eigenvalue weighted by atomic mass is 10.4. The van der Waals surface area contributed by atoms with Crippen molar-refractivity contribution in [2.45, 2.75) is 0 Å². The molecule has 0 radical (unpaired) electrons. The molecule has 0 aromatic carbocycles. The van der Waals surface area contributed by atoms with Gasteiger partial charge in [-0.2, -0.15) is 0 Å². The molecule has 0 heterocycles. The molecule has 78 valence electrons. The van der Waals surface area contributed by atoms with Crippen LogP contribution in [-0.4, -0.2) is 50.1 Å². The molecule has 0 unspecified atom stereocenters. The van der Waals surface area contributed by atoms with Gasteiger partial charge in [-0.25, -0.2) is 0 Å². The normalized spacial score (nSPS) is 9.14. The number of hydrogen-bond acceptors (Lipinski definition) is 4. The Labute approximate surface area is 90.3 Å². The maximum Gasteiger partial charge on any atom is 0.323 e. The number of aliphatic carboxylic acids is 2. The fourth-order valence-corrected chi connectivity index (χ4v) is 0.940. The highest BCUT2D eigenvalue weighted by molar-refractivity contribution is 7.89. The van der Waals surface area contributed by atoms with Gasteiger partial charge < -0.3 is 20.8 Å². The van der Waals surface area contributed by atoms with Gasteiger partial charge >= 0.3 is 11.9 Å². The molecule has 0 aromatic heterocycles. The highest BCUT2D eigenvalue weighted by Gasteiger charge is 2.17. The van der Waals surface area contributed by atoms with E-state index in [0.29, 0.717) is 0 Å². The van der Waals surface area contributed by atoms with Crippen molar-refractivity contribution in [2.75, 3.05) is 13.1 Å². The number of hydrogen-bond donors (Lipinski definition) is 3. The Hall–Kier alpha value is -1.28. The molecule has 0 rings (SSSR count). The van der Waals surface area contributed by atoms with E-state index in [-0.39, 0.29) is 9.98 Å². The number of nitrogens with zero attached hydrogens (tertiary/aromatic N) is 1. The molecule has 0 saturated heterocycles. The van der Waals surface area contributed by atoms with Crippen LogP contribution in [0.4, 0.5) is 0 Å². The van der Waals surface area contributed by atoms with Crippen molar-refractivity contribution in [3.8, 4) is 0 Å². The summed E-state index contributed by atoms with van der Waals surface area (Å²) < 4.78 is 0. The molecule has 0 atom stereocenters. The van der Waals surface area contributed by atoms with Crippen molar-refractivity contribution in [1.82, 2.24) is 4.90 Å². The molecule has 0 fully saturated rings. The first-order chi connectivity index (χ1) is 6.34. The van der Waals surface area contributed by atoms with E-state index in [0.717, 1.165) is 4.90 Å². The van der Waals surface area contributed by atoms with E-state index in [2.05, 4.69) is 24.4 Å². The Morgan fingerprint density at radius 2 is 1.50 bits per heavy atom. The third-order valence-electron chi connectivity index (χ3n) is 1.15. The van der Waals surface area contributed by atoms with Gasteiger partial charge in [0.05, 0.1) is 0 Å². The number of thiocarbonyl (C=S) groups is 2. The number of carbonyl (C=O) groups is 2. The molecule has 8 heteroatoms. The molecule has 4 N–H and O–H groups in total. The zero-order chi connectivity index (χ0) is 11.3. The average Bonchev–Trinajstić information content (AvgIpc) is 1.99. The monoisotopic (exact) mass is 236 g/mol. The van der Waals surface area contributed by atoms with E-state index in [1.807, 2.05) is 0 Å². The van der Waals surface area contributed by atoms with Crippen LogP contribution in [0.15, 0.2) is 0 Å². The van der Waals surface area contributed by atoms with E-state index >= 15 is 0 Å². The SMILES string of the molecule is NC(=S)C(=S)N(CC(=O)O)CC(=O)O. The van der Waals surface area contributed by atoms with E-state index in [4.69, 9.17) is 15.9 Å². The molecule has 14 heavy (non-hydrogen) atoms. The van der Waals surface area contributed by atoms with E-state index in [9.17, 15) is 9.59 Å². The standard InChI is InChI=1S/C6H8N2O4S2/c7-5(13)6(14)8(1-3(9)10)2-4(11)12/h1-2H2,(H2,7,13)(H,9,10)(H,11,12). The summed E-state index contributed by atoms with van der Waals surface area (Å²) in [6.45, 7) is -1.08. The molecule has 0 amide bonds. The lowest BCUT2D eigenvalue weighted by molar-refractivity contribution is -0.139. The molecule has 6 nitrogen and oxygen atoms in total. The summed E-state index contributed by atoms with van der Waals surface area (Å²) >= 11 is 9.18. The van der Waals surface area contributed by atoms with Crippen LogP contribution in [0.1, 0.15) is 0 Å². The van der Waals surface area contributed by atoms with Crippen LogP contribution in [0.5, 0.6) is 0 Å². The Balaban J connectivity index is 4.54. The van der Waals surface area contributed by atoms with Gasteiger partial charge in [-0.1, -0.05) is 24.4 Å². The summed E-state index contributed by atoms with van der Waals surface area (Å²) in [5.41, 5.74) is 5.15. The Kier molecular flexibility index (Phi) is 4.95. The van der Waals surface area contributed by atoms with Crippen molar-refractivity contribution in [3.63, 3.8) is 0 Å². The Bertz CT molecular complexity index is 276. The summed E-state index contributed by atoms with van der Waals surface area (Å²) in [7, 11) is 0. The average molecular weight is 236 g/mol. The lowest BCUT2D eigenvalue weighted by Crippen LogP contribution is -2.43. The van der Waals surface area contributed by atoms with Gasteiger partial charge in [-0.05, 0) is 0 Å². The van der Waals surface area contributed by atoms with Crippen LogP contribution >= 0.6 is 24.4 Å². The van der Waals surface area contributed by atoms with Crippen LogP contribution in [-0.2, 0) is 9.59 Å². The summed E-state index contributed by atoms with van der Waals surface area (Å²) in [6.07, 6.45) is 0. The predicted octanol–water partition coefficient (Wildman–Crippen LogP) is -0.929. The third-order valence-corrected chi connectivity index (χ3v) is 1.95. The van der Waals surface area contributed by atoms with Crippen molar-refractivity contribution in [2.24, 2.45) is 5.73 Å². The van der Waals surface area contributed by atoms with Gasteiger partial charge in [-0.3, -0.25) is 9.59 Å². The van der Waals surface area contributed by atoms with Crippen LogP contribution < -0.4 is 5.73 Å². The van der Waals surface area contributed by atoms with Gasteiger partial charge in [-0.15, -0.1) is 0 Å². The molecule has 0 spiro atoms. The third kappa shape index (κ3) is 4.67. The Morgan fingerprint density at radius 3 is 1.71 bits per heavy atom. The first-order valence-electron chi connectivity index (χ1n) is 3.37. The lowest BCUT2D eigenvalue weighted by Gasteiger charge is -2.19. The van der Waals surface area contributed by atoms with E-state index in [1.165, 1.54) is 0 Å². The summed E-state index contributed by atoms with van der Waals surface area (Å²) in [6, 6.07) is 0. The number of nitrogens with two attached hydrogens (primary N) is 1. The Morgan fingerprint density at radius 1 is 1.14 bits per heavy atom. The van der Waals surface area contributed by atoms with Gasteiger partial charge in [0.1, 0.15) is 23.1 Å². The van der Waals surface area contributed by atoms with Gasteiger partial charge in [0, 0.05) is 0 Å². The highest BCUT2D eigenvalue weighted by Crippen LogP contribution is 1.93. The minimum Gasteiger partial charge on any atom is -0.480 e. The first-order valence-corrected chi connectivity index (χ1v) is 4.18. The molecule has 0 saturated carbocycles. The molecule has 0 aliphatic carbocycles. The molecular weight excluding hydrogens is 228 g/mol. The van der Waals surface area contributed by atoms with Crippen LogP contribution in [0.3, 0.4) is 0 Å². The minimum atomic E-state index is -1.20. The summed E-state index contributed by atoms with van der Waals surface area (Å²) in [5, 5.41) is 16.9. The smallest absolute Gasteiger partial charge is 0.323 e. The maximum atomic E-state index is 10.3. The predicted molar refractivity (Wildman–Crippen MR) is 56.2 cm³/mol. The summed E-state index contributed by atoms with van der Waals surface area (Å²) in [4.78, 5) is 21.3. The van der Waals surface area contributed by atoms with E-state index < -0.39 is 25.0 Å². The zero-order valence-corrected chi connectivity index (χ0v) is 8.60. The van der Waals surface area contributed by atoms with Crippen molar-refractivity contribution in [3.05, 3.63) is 0 Å². The van der Waals surface area contributed by atoms with Crippen molar-refractivity contribution in [1.29, 1.82) is 0 Å². The van der Waals surface area contributed by atoms with Crippen LogP contribution in [0, 0.1) is 0 Å². The van der Waals surface area contributed by atoms with Gasteiger partial charge in [0.2, 0.25) is 0 Å². The molecule has 0 aliphatic rings. The quantitative estimate of drug-likeness (QED) is 0.538. The minimum absolute atomic E-state index is 0.134. The van der Waals surface area contributed by atoms with Gasteiger partial charge in [0.25, 0.3) is 0 Å². The fraction of sp³-hybridized carbons (Fsp3) is 0.333. The van der Waals surface area contributed by atoms with Crippen molar-refractivity contribution >= 4 is 46.4 Å². The number of carboxylic acids is 2. The van der Waals surface area contributed by atoms with Crippen molar-refractivity contribution < 1.29 is 19.8 Å². The maximum absolute atomic E-state index is 10.3. The zero-order valence-electron chi connectivity index (χ0n) is 6.97. The largest absolute Gasteiger partial charge is 0.480 e. The molecule has 0 aliphatic heterocycles. The summed E-state index contributed by atoms with van der Waals surface area (Å²) in [5.74, 6) is -2.41. The van der Waals surface area contributed by atoms with Crippen LogP contribution in [0.25, 0.3) is 0 Å².